The second kappa shape index (κ2) is 15.0. The third-order valence-corrected chi connectivity index (χ3v) is 12.4. The number of carbonyl (C=O) groups is 1. The zero-order valence-electron chi connectivity index (χ0n) is 20.6. The second-order valence-electron chi connectivity index (χ2n) is 7.60. The Hall–Kier alpha value is -1.02. The van der Waals surface area contributed by atoms with Gasteiger partial charge < -0.3 is 22.9 Å². The summed E-state index contributed by atoms with van der Waals surface area (Å²) in [6.45, 7) is 11.1. The maximum atomic E-state index is 13.1. The van der Waals surface area contributed by atoms with Crippen molar-refractivity contribution in [3.63, 3.8) is 0 Å². The first-order valence-corrected chi connectivity index (χ1v) is 15.9. The third kappa shape index (κ3) is 9.46. The van der Waals surface area contributed by atoms with Crippen LogP contribution in [-0.2, 0) is 34.2 Å². The van der Waals surface area contributed by atoms with Crippen LogP contribution in [0.2, 0.25) is 18.1 Å². The van der Waals surface area contributed by atoms with Crippen molar-refractivity contribution in [1.82, 2.24) is 0 Å². The molecule has 0 bridgehead atoms. The number of hydrogen-bond acceptors (Lipinski definition) is 7. The molecule has 7 nitrogen and oxygen atoms in total. The lowest BCUT2D eigenvalue weighted by molar-refractivity contribution is -0.130. The van der Waals surface area contributed by atoms with E-state index in [1.165, 1.54) is 0 Å². The SMILES string of the molecule is CCOP(=O)(CC(=O)[C@H](CCO[Si](CC)(CC)CC)OCc1ccc(OC)cc1)OCC. The van der Waals surface area contributed by atoms with Gasteiger partial charge in [0.25, 0.3) is 0 Å². The Morgan fingerprint density at radius 1 is 0.969 bits per heavy atom. The van der Waals surface area contributed by atoms with E-state index >= 15 is 0 Å². The van der Waals surface area contributed by atoms with Gasteiger partial charge in [-0.25, -0.2) is 0 Å². The van der Waals surface area contributed by atoms with Gasteiger partial charge in [0, 0.05) is 13.0 Å². The molecule has 1 rings (SSSR count). The van der Waals surface area contributed by atoms with Gasteiger partial charge in [0.05, 0.1) is 26.9 Å². The fourth-order valence-electron chi connectivity index (χ4n) is 3.51. The Morgan fingerprint density at radius 3 is 2.00 bits per heavy atom. The molecule has 0 saturated carbocycles. The van der Waals surface area contributed by atoms with Crippen LogP contribution in [0, 0.1) is 0 Å². The number of Topliss-reactive ketones (excluding diaryl/α,β-unsaturated/α-hetero) is 1. The number of benzene rings is 1. The standard InChI is InChI=1S/C23H41O7PSi/c1-7-28-31(25,29-8-2)19-22(24)23(16-17-30-32(9-3,10-4)11-5)27-18-20-12-14-21(26-6)15-13-20/h12-15,23H,7-11,16-19H2,1-6H3/t23-/m0/s1. The molecule has 0 amide bonds. The first kappa shape index (κ1) is 29.0. The maximum absolute atomic E-state index is 13.1. The van der Waals surface area contributed by atoms with Crippen LogP contribution in [0.15, 0.2) is 24.3 Å². The number of methoxy groups -OCH3 is 1. The molecule has 0 unspecified atom stereocenters. The van der Waals surface area contributed by atoms with Gasteiger partial charge in [-0.15, -0.1) is 0 Å². The summed E-state index contributed by atoms with van der Waals surface area (Å²) >= 11 is 0. The van der Waals surface area contributed by atoms with Crippen molar-refractivity contribution >= 4 is 21.7 Å². The molecular formula is C23H41O7PSi. The van der Waals surface area contributed by atoms with Crippen LogP contribution < -0.4 is 4.74 Å². The minimum Gasteiger partial charge on any atom is -0.497 e. The largest absolute Gasteiger partial charge is 0.497 e. The Kier molecular flexibility index (Phi) is 13.6. The van der Waals surface area contributed by atoms with Gasteiger partial charge in [-0.3, -0.25) is 9.36 Å². The first-order valence-electron chi connectivity index (χ1n) is 11.6. The predicted octanol–water partition coefficient (Wildman–Crippen LogP) is 5.83. The van der Waals surface area contributed by atoms with E-state index in [9.17, 15) is 9.36 Å². The molecule has 0 aromatic heterocycles. The average molecular weight is 489 g/mol. The Labute approximate surface area is 194 Å². The van der Waals surface area contributed by atoms with Gasteiger partial charge in [0.2, 0.25) is 0 Å². The summed E-state index contributed by atoms with van der Waals surface area (Å²) in [5, 5.41) is 0. The molecule has 0 saturated heterocycles. The topological polar surface area (TPSA) is 80.3 Å². The van der Waals surface area contributed by atoms with Crippen molar-refractivity contribution in [3.8, 4) is 5.75 Å². The number of ether oxygens (including phenoxy) is 2. The molecular weight excluding hydrogens is 447 g/mol. The number of carbonyl (C=O) groups excluding carboxylic acids is 1. The lowest BCUT2D eigenvalue weighted by Crippen LogP contribution is -2.38. The first-order chi connectivity index (χ1) is 15.3. The highest BCUT2D eigenvalue weighted by molar-refractivity contribution is 7.54. The molecule has 9 heteroatoms. The van der Waals surface area contributed by atoms with E-state index in [0.717, 1.165) is 29.4 Å². The van der Waals surface area contributed by atoms with E-state index in [0.29, 0.717) is 13.0 Å². The highest BCUT2D eigenvalue weighted by atomic mass is 31.2. The summed E-state index contributed by atoms with van der Waals surface area (Å²) in [5.74, 6) is 0.466. The van der Waals surface area contributed by atoms with Crippen LogP contribution in [0.25, 0.3) is 0 Å². The smallest absolute Gasteiger partial charge is 0.338 e. The van der Waals surface area contributed by atoms with Crippen LogP contribution in [0.4, 0.5) is 0 Å². The molecule has 0 heterocycles. The van der Waals surface area contributed by atoms with Gasteiger partial charge in [-0.1, -0.05) is 32.9 Å². The van der Waals surface area contributed by atoms with Crippen LogP contribution in [0.3, 0.4) is 0 Å². The van der Waals surface area contributed by atoms with Crippen molar-refractivity contribution in [2.24, 2.45) is 0 Å². The molecule has 0 N–H and O–H groups in total. The zero-order chi connectivity index (χ0) is 24.0. The minimum absolute atomic E-state index is 0.211. The van der Waals surface area contributed by atoms with Crippen molar-refractivity contribution in [1.29, 1.82) is 0 Å². The second-order valence-corrected chi connectivity index (χ2v) is 14.4. The normalized spacial score (nSPS) is 13.2. The number of hydrogen-bond donors (Lipinski definition) is 0. The van der Waals surface area contributed by atoms with Crippen molar-refractivity contribution < 1.29 is 32.3 Å². The predicted molar refractivity (Wildman–Crippen MR) is 130 cm³/mol. The van der Waals surface area contributed by atoms with E-state index in [1.54, 1.807) is 21.0 Å². The van der Waals surface area contributed by atoms with Gasteiger partial charge >= 0.3 is 7.60 Å². The van der Waals surface area contributed by atoms with Gasteiger partial charge in [-0.05, 0) is 49.7 Å². The molecule has 0 aliphatic rings. The van der Waals surface area contributed by atoms with Gasteiger partial charge in [-0.2, -0.15) is 0 Å². The summed E-state index contributed by atoms with van der Waals surface area (Å²) in [6, 6.07) is 10.6. The molecule has 0 aliphatic heterocycles. The quantitative estimate of drug-likeness (QED) is 0.190. The minimum atomic E-state index is -3.50. The highest BCUT2D eigenvalue weighted by Gasteiger charge is 2.33. The van der Waals surface area contributed by atoms with Crippen molar-refractivity contribution in [2.75, 3.05) is 33.1 Å². The van der Waals surface area contributed by atoms with E-state index in [1.807, 2.05) is 24.3 Å². The summed E-state index contributed by atoms with van der Waals surface area (Å²) in [6.07, 6.45) is -0.648. The molecule has 0 fully saturated rings. The van der Waals surface area contributed by atoms with E-state index in [4.69, 9.17) is 22.9 Å². The summed E-state index contributed by atoms with van der Waals surface area (Å²) in [5.41, 5.74) is 0.918. The summed E-state index contributed by atoms with van der Waals surface area (Å²) < 4.78 is 41.0. The van der Waals surface area contributed by atoms with Crippen LogP contribution in [-0.4, -0.2) is 53.3 Å². The maximum Gasteiger partial charge on any atom is 0.338 e. The monoisotopic (exact) mass is 488 g/mol. The number of rotatable bonds is 18. The third-order valence-electron chi connectivity index (χ3n) is 5.69. The zero-order valence-corrected chi connectivity index (χ0v) is 22.5. The molecule has 1 aromatic carbocycles. The Morgan fingerprint density at radius 2 is 1.53 bits per heavy atom. The van der Waals surface area contributed by atoms with E-state index in [2.05, 4.69) is 20.8 Å². The molecule has 0 aliphatic carbocycles. The fourth-order valence-corrected chi connectivity index (χ4v) is 7.80. The average Bonchev–Trinajstić information content (AvgIpc) is 2.79. The van der Waals surface area contributed by atoms with Gasteiger partial charge in [0.15, 0.2) is 14.1 Å². The molecule has 32 heavy (non-hydrogen) atoms. The van der Waals surface area contributed by atoms with Crippen LogP contribution in [0.1, 0.15) is 46.6 Å². The fraction of sp³-hybridized carbons (Fsp3) is 0.696. The van der Waals surface area contributed by atoms with E-state index in [-0.39, 0.29) is 31.8 Å². The molecule has 1 aromatic rings. The van der Waals surface area contributed by atoms with Crippen molar-refractivity contribution in [3.05, 3.63) is 29.8 Å². The summed E-state index contributed by atoms with van der Waals surface area (Å²) in [7, 11) is -3.66. The molecule has 1 atom stereocenters. The van der Waals surface area contributed by atoms with Crippen molar-refractivity contribution in [2.45, 2.75) is 71.9 Å². The van der Waals surface area contributed by atoms with E-state index < -0.39 is 22.0 Å². The van der Waals surface area contributed by atoms with Gasteiger partial charge in [0.1, 0.15) is 18.0 Å². The lowest BCUT2D eigenvalue weighted by Gasteiger charge is -2.29. The highest BCUT2D eigenvalue weighted by Crippen LogP contribution is 2.48. The number of ketones is 1. The van der Waals surface area contributed by atoms with Crippen LogP contribution >= 0.6 is 7.60 Å². The Bertz CT molecular complexity index is 689. The molecule has 184 valence electrons. The molecule has 0 radical (unpaired) electrons. The van der Waals surface area contributed by atoms with Crippen LogP contribution in [0.5, 0.6) is 5.75 Å². The Balaban J connectivity index is 2.89. The lowest BCUT2D eigenvalue weighted by atomic mass is 10.2. The molecule has 0 spiro atoms. The summed E-state index contributed by atoms with van der Waals surface area (Å²) in [4.78, 5) is 13.1.